The number of hydrogen-bond donors (Lipinski definition) is 1. The number of benzene rings is 1. The van der Waals surface area contributed by atoms with Gasteiger partial charge in [-0.25, -0.2) is 4.58 Å². The largest absolute Gasteiger partial charge is 0.542 e. The highest BCUT2D eigenvalue weighted by Crippen LogP contribution is 2.29. The number of ether oxygens (including phenoxy) is 1. The van der Waals surface area contributed by atoms with Crippen molar-refractivity contribution in [2.45, 2.75) is 19.1 Å². The van der Waals surface area contributed by atoms with Crippen LogP contribution in [0.25, 0.3) is 0 Å². The molecular weight excluding hydrogens is 415 g/mol. The van der Waals surface area contributed by atoms with E-state index in [-0.39, 0.29) is 5.78 Å². The van der Waals surface area contributed by atoms with Gasteiger partial charge in [0, 0.05) is 25.2 Å². The zero-order valence-corrected chi connectivity index (χ0v) is 16.8. The van der Waals surface area contributed by atoms with Crippen molar-refractivity contribution >= 4 is 17.5 Å². The molecule has 2 N–H and O–H groups in total. The summed E-state index contributed by atoms with van der Waals surface area (Å²) >= 11 is 0. The van der Waals surface area contributed by atoms with E-state index in [9.17, 15) is 18.0 Å². The molecule has 1 aromatic heterocycles. The minimum absolute atomic E-state index is 0.0850. The standard InChI is InChI=1S/C19H19N3O2.C2HF3O2/c1-21-7-6-13-11-22(10-12-4-3-5-14(8-12)24-2)18-17(13)16(21)9-15(20)19(18)23;3-2(4,5)1(6)7/h3-5,8-9,11,20H,6-7,10H2,1-2H3;(H,6,7). The van der Waals surface area contributed by atoms with Crippen LogP contribution in [0, 0.1) is 0 Å². The Kier molecular flexibility index (Phi) is 5.92. The number of likely N-dealkylation sites (N-methyl/N-ethyl adjacent to an activating group) is 1. The number of rotatable bonds is 3. The molecule has 0 radical (unpaired) electrons. The first kappa shape index (κ1) is 22.1. The Hall–Kier alpha value is -3.56. The number of aliphatic carboxylic acids is 1. The summed E-state index contributed by atoms with van der Waals surface area (Å²) in [7, 11) is 3.70. The number of alkyl halides is 3. The molecule has 0 bridgehead atoms. The van der Waals surface area contributed by atoms with Gasteiger partial charge in [-0.1, -0.05) is 12.1 Å². The number of aromatic nitrogens is 1. The topological polar surface area (TPSA) is 100 Å². The summed E-state index contributed by atoms with van der Waals surface area (Å²) in [5.74, 6) is -2.28. The van der Waals surface area contributed by atoms with Gasteiger partial charge in [-0.3, -0.25) is 4.79 Å². The number of ketones is 1. The van der Waals surface area contributed by atoms with Crippen LogP contribution in [0.15, 0.2) is 42.2 Å². The van der Waals surface area contributed by atoms with Gasteiger partial charge in [0.15, 0.2) is 0 Å². The van der Waals surface area contributed by atoms with Crippen molar-refractivity contribution in [1.82, 2.24) is 4.57 Å². The first-order valence-corrected chi connectivity index (χ1v) is 9.26. The Morgan fingerprint density at radius 3 is 2.65 bits per heavy atom. The van der Waals surface area contributed by atoms with E-state index < -0.39 is 12.1 Å². The van der Waals surface area contributed by atoms with Crippen molar-refractivity contribution in [3.05, 3.63) is 64.6 Å². The molecule has 0 amide bonds. The Morgan fingerprint density at radius 1 is 1.35 bits per heavy atom. The zero-order valence-electron chi connectivity index (χ0n) is 16.8. The third-order valence-electron chi connectivity index (χ3n) is 5.03. The maximum atomic E-state index is 12.7. The molecule has 31 heavy (non-hydrogen) atoms. The molecule has 164 valence electrons. The number of carbonyl (C=O) groups excluding carboxylic acids is 2. The number of hydrogen-bond acceptors (Lipinski definition) is 5. The summed E-state index contributed by atoms with van der Waals surface area (Å²) in [5, 5.41) is 8.78. The quantitative estimate of drug-likeness (QED) is 0.722. The van der Waals surface area contributed by atoms with Crippen LogP contribution in [-0.2, 0) is 17.8 Å². The van der Waals surface area contributed by atoms with E-state index in [1.54, 1.807) is 7.11 Å². The van der Waals surface area contributed by atoms with Crippen molar-refractivity contribution < 1.29 is 37.2 Å². The van der Waals surface area contributed by atoms with Gasteiger partial charge in [0.25, 0.3) is 0 Å². The zero-order chi connectivity index (χ0) is 22.9. The van der Waals surface area contributed by atoms with E-state index in [0.29, 0.717) is 17.9 Å². The van der Waals surface area contributed by atoms with Gasteiger partial charge in [0.1, 0.15) is 31.0 Å². The minimum Gasteiger partial charge on any atom is -0.542 e. The van der Waals surface area contributed by atoms with E-state index >= 15 is 0 Å². The molecule has 1 aliphatic carbocycles. The van der Waals surface area contributed by atoms with Gasteiger partial charge in [0.2, 0.25) is 11.5 Å². The molecule has 2 aromatic rings. The van der Waals surface area contributed by atoms with Crippen molar-refractivity contribution in [2.75, 3.05) is 20.7 Å². The number of methoxy groups -OCH3 is 1. The monoisotopic (exact) mass is 435 g/mol. The molecule has 1 aromatic carbocycles. The molecule has 10 heteroatoms. The Morgan fingerprint density at radius 2 is 2.03 bits per heavy atom. The molecule has 7 nitrogen and oxygen atoms in total. The van der Waals surface area contributed by atoms with E-state index in [0.717, 1.165) is 35.6 Å². The normalized spacial score (nSPS) is 15.0. The average Bonchev–Trinajstić information content (AvgIpc) is 3.07. The molecule has 0 atom stereocenters. The maximum Gasteiger partial charge on any atom is 0.430 e. The van der Waals surface area contributed by atoms with Gasteiger partial charge in [-0.2, -0.15) is 13.2 Å². The van der Waals surface area contributed by atoms with Gasteiger partial charge in [0.05, 0.1) is 18.4 Å². The summed E-state index contributed by atoms with van der Waals surface area (Å²) in [6.45, 7) is 1.55. The lowest BCUT2D eigenvalue weighted by atomic mass is 9.92. The number of Topliss-reactive ketones (excluding diaryl/α,β-unsaturated/α-hetero) is 1. The third-order valence-corrected chi connectivity index (χ3v) is 5.03. The molecule has 0 saturated carbocycles. The smallest absolute Gasteiger partial charge is 0.430 e. The van der Waals surface area contributed by atoms with E-state index in [2.05, 4.69) is 10.8 Å². The van der Waals surface area contributed by atoms with E-state index in [1.165, 1.54) is 5.56 Å². The number of carboxylic acid groups (broad SMARTS) is 1. The SMILES string of the molecule is COc1cccc(Cn2cc3c4c2C(=O)C(N)=CC4=[N+](C)CC3)c1.O=C([O-])C(F)(F)F. The maximum absolute atomic E-state index is 12.7. The van der Waals surface area contributed by atoms with Crippen LogP contribution in [0.2, 0.25) is 0 Å². The second kappa shape index (κ2) is 8.29. The van der Waals surface area contributed by atoms with Crippen LogP contribution in [0.3, 0.4) is 0 Å². The summed E-state index contributed by atoms with van der Waals surface area (Å²) in [5.41, 5.74) is 11.4. The highest BCUT2D eigenvalue weighted by Gasteiger charge is 2.36. The molecule has 2 aliphatic rings. The van der Waals surface area contributed by atoms with Gasteiger partial charge in [-0.05, 0) is 23.3 Å². The highest BCUT2D eigenvalue weighted by molar-refractivity contribution is 6.24. The molecule has 1 aliphatic heterocycles. The summed E-state index contributed by atoms with van der Waals surface area (Å²) < 4.78 is 41.0. The van der Waals surface area contributed by atoms with Crippen molar-refractivity contribution in [3.8, 4) is 5.75 Å². The van der Waals surface area contributed by atoms with Crippen LogP contribution in [0.4, 0.5) is 13.2 Å². The lowest BCUT2D eigenvalue weighted by Gasteiger charge is -2.17. The van der Waals surface area contributed by atoms with Crippen molar-refractivity contribution in [3.63, 3.8) is 0 Å². The Labute approximate surface area is 175 Å². The number of carboxylic acids is 1. The fraction of sp³-hybridized carbons (Fsp3) is 0.286. The predicted octanol–water partition coefficient (Wildman–Crippen LogP) is 0.870. The molecule has 4 rings (SSSR count). The second-order valence-corrected chi connectivity index (χ2v) is 7.13. The number of nitrogens with zero attached hydrogens (tertiary/aromatic N) is 2. The summed E-state index contributed by atoms with van der Waals surface area (Å²) in [6, 6.07) is 7.91. The molecular formula is C21H20F3N3O4. The van der Waals surface area contributed by atoms with Crippen LogP contribution >= 0.6 is 0 Å². The van der Waals surface area contributed by atoms with Crippen LogP contribution < -0.4 is 15.6 Å². The van der Waals surface area contributed by atoms with Gasteiger partial charge < -0.3 is 24.9 Å². The molecule has 0 spiro atoms. The van der Waals surface area contributed by atoms with Gasteiger partial charge in [-0.15, -0.1) is 0 Å². The highest BCUT2D eigenvalue weighted by atomic mass is 19.4. The Balaban J connectivity index is 0.000000339. The summed E-state index contributed by atoms with van der Waals surface area (Å²) in [6.07, 6.45) is -0.348. The molecule has 0 saturated heterocycles. The van der Waals surface area contributed by atoms with Crippen molar-refractivity contribution in [2.24, 2.45) is 5.73 Å². The second-order valence-electron chi connectivity index (χ2n) is 7.13. The van der Waals surface area contributed by atoms with Crippen molar-refractivity contribution in [1.29, 1.82) is 0 Å². The van der Waals surface area contributed by atoms with Crippen LogP contribution in [-0.4, -0.2) is 53.5 Å². The fourth-order valence-electron chi connectivity index (χ4n) is 3.56. The number of allylic oxidation sites excluding steroid dienone is 2. The number of carbonyl (C=O) groups is 2. The number of nitrogens with two attached hydrogens (primary N) is 1. The Bertz CT molecular complexity index is 1110. The first-order chi connectivity index (χ1) is 14.5. The van der Waals surface area contributed by atoms with Crippen LogP contribution in [0.5, 0.6) is 5.75 Å². The lowest BCUT2D eigenvalue weighted by molar-refractivity contribution is -0.497. The molecule has 2 heterocycles. The number of halogens is 3. The lowest BCUT2D eigenvalue weighted by Crippen LogP contribution is -2.37. The minimum atomic E-state index is -5.19. The molecule has 0 fully saturated rings. The molecule has 0 unspecified atom stereocenters. The van der Waals surface area contributed by atoms with Gasteiger partial charge >= 0.3 is 6.18 Å². The predicted molar refractivity (Wildman–Crippen MR) is 103 cm³/mol. The van der Waals surface area contributed by atoms with Crippen LogP contribution in [0.1, 0.15) is 27.2 Å². The van der Waals surface area contributed by atoms with E-state index in [4.69, 9.17) is 20.4 Å². The first-order valence-electron chi connectivity index (χ1n) is 9.26. The summed E-state index contributed by atoms with van der Waals surface area (Å²) in [4.78, 5) is 21.5. The third kappa shape index (κ3) is 4.47. The fourth-order valence-corrected chi connectivity index (χ4v) is 3.56. The average molecular weight is 435 g/mol. The van der Waals surface area contributed by atoms with E-state index in [1.807, 2.05) is 42.0 Å².